The van der Waals surface area contributed by atoms with Crippen molar-refractivity contribution in [1.82, 2.24) is 9.88 Å². The molecular weight excluding hydrogens is 304 g/mol. The Kier molecular flexibility index (Phi) is 5.56. The maximum Gasteiger partial charge on any atom is 0.225 e. The second kappa shape index (κ2) is 8.04. The first-order valence-electron chi connectivity index (χ1n) is 8.25. The Morgan fingerprint density at radius 2 is 2.17 bits per heavy atom. The van der Waals surface area contributed by atoms with Crippen LogP contribution in [0.1, 0.15) is 29.2 Å². The monoisotopic (exact) mass is 326 g/mol. The molecule has 1 amide bonds. The molecule has 0 radical (unpaired) electrons. The molecule has 1 aliphatic heterocycles. The molecule has 1 unspecified atom stereocenters. The molecular formula is C19H22N2O3. The molecule has 0 fully saturated rings. The summed E-state index contributed by atoms with van der Waals surface area (Å²) in [5.74, 6) is -0.0189. The van der Waals surface area contributed by atoms with Crippen LogP contribution in [0.15, 0.2) is 48.8 Å². The minimum absolute atomic E-state index is 0.0189. The molecule has 0 saturated heterocycles. The molecule has 5 heteroatoms. The Hall–Kier alpha value is -2.24. The lowest BCUT2D eigenvalue weighted by Crippen LogP contribution is -2.35. The summed E-state index contributed by atoms with van der Waals surface area (Å²) >= 11 is 0. The first kappa shape index (κ1) is 16.6. The molecule has 1 aliphatic rings. The first-order chi connectivity index (χ1) is 11.8. The summed E-state index contributed by atoms with van der Waals surface area (Å²) in [4.78, 5) is 18.5. The Balaban J connectivity index is 1.70. The van der Waals surface area contributed by atoms with Crippen molar-refractivity contribution in [3.05, 3.63) is 65.5 Å². The van der Waals surface area contributed by atoms with Crippen LogP contribution in [0.25, 0.3) is 0 Å². The molecule has 1 N–H and O–H groups in total. The summed E-state index contributed by atoms with van der Waals surface area (Å²) in [6.45, 7) is 1.33. The normalized spacial score (nSPS) is 16.5. The van der Waals surface area contributed by atoms with Gasteiger partial charge in [0.1, 0.15) is 0 Å². The molecule has 0 bridgehead atoms. The molecule has 2 heterocycles. The van der Waals surface area contributed by atoms with Gasteiger partial charge >= 0.3 is 0 Å². The molecule has 2 aromatic rings. The zero-order chi connectivity index (χ0) is 16.8. The van der Waals surface area contributed by atoms with Crippen LogP contribution in [-0.4, -0.2) is 40.7 Å². The summed E-state index contributed by atoms with van der Waals surface area (Å²) in [6, 6.07) is 11.9. The van der Waals surface area contributed by atoms with Crippen LogP contribution in [0, 0.1) is 0 Å². The van der Waals surface area contributed by atoms with Crippen molar-refractivity contribution in [2.75, 3.05) is 19.8 Å². The number of carbonyl (C=O) groups is 1. The lowest BCUT2D eigenvalue weighted by Gasteiger charge is -2.28. The number of rotatable bonds is 6. The maximum absolute atomic E-state index is 12.7. The van der Waals surface area contributed by atoms with Gasteiger partial charge in [-0.15, -0.1) is 0 Å². The summed E-state index contributed by atoms with van der Waals surface area (Å²) in [7, 11) is 0. The van der Waals surface area contributed by atoms with E-state index < -0.39 is 0 Å². The minimum atomic E-state index is -0.211. The summed E-state index contributed by atoms with van der Waals surface area (Å²) in [6.07, 6.45) is 4.41. The van der Waals surface area contributed by atoms with E-state index in [1.807, 2.05) is 30.3 Å². The fraction of sp³-hybridized carbons (Fsp3) is 0.368. The van der Waals surface area contributed by atoms with Gasteiger partial charge in [0.2, 0.25) is 5.91 Å². The van der Waals surface area contributed by atoms with Gasteiger partial charge in [-0.25, -0.2) is 0 Å². The number of hydrogen-bond acceptors (Lipinski definition) is 4. The van der Waals surface area contributed by atoms with Crippen molar-refractivity contribution in [2.45, 2.75) is 25.5 Å². The van der Waals surface area contributed by atoms with Gasteiger partial charge in [0.05, 0.1) is 25.7 Å². The average Bonchev–Trinajstić information content (AvgIpc) is 2.62. The standard InChI is InChI=1S/C19H22N2O3/c22-10-9-21(14-15-4-3-8-20-13-15)19(23)12-18-17-6-2-1-5-16(17)7-11-24-18/h1-6,8,13,18,22H,7,9-12,14H2. The van der Waals surface area contributed by atoms with Crippen LogP contribution in [-0.2, 0) is 22.5 Å². The quantitative estimate of drug-likeness (QED) is 0.883. The first-order valence-corrected chi connectivity index (χ1v) is 8.25. The van der Waals surface area contributed by atoms with Gasteiger partial charge in [0.15, 0.2) is 0 Å². The Bertz CT molecular complexity index is 675. The van der Waals surface area contributed by atoms with E-state index in [1.165, 1.54) is 5.56 Å². The summed E-state index contributed by atoms with van der Waals surface area (Å²) in [5.41, 5.74) is 3.30. The number of ether oxygens (including phenoxy) is 1. The molecule has 1 aromatic heterocycles. The van der Waals surface area contributed by atoms with E-state index >= 15 is 0 Å². The number of pyridine rings is 1. The van der Waals surface area contributed by atoms with Gasteiger partial charge in [-0.1, -0.05) is 30.3 Å². The maximum atomic E-state index is 12.7. The lowest BCUT2D eigenvalue weighted by atomic mass is 9.95. The number of aliphatic hydroxyl groups is 1. The predicted octanol–water partition coefficient (Wildman–Crippen LogP) is 2.11. The van der Waals surface area contributed by atoms with Crippen molar-refractivity contribution in [3.63, 3.8) is 0 Å². The molecule has 1 aromatic carbocycles. The Morgan fingerprint density at radius 3 is 2.96 bits per heavy atom. The highest BCUT2D eigenvalue weighted by Gasteiger charge is 2.25. The van der Waals surface area contributed by atoms with E-state index in [-0.39, 0.29) is 25.0 Å². The van der Waals surface area contributed by atoms with Crippen molar-refractivity contribution >= 4 is 5.91 Å². The second-order valence-corrected chi connectivity index (χ2v) is 5.91. The van der Waals surface area contributed by atoms with Crippen LogP contribution in [0.3, 0.4) is 0 Å². The fourth-order valence-corrected chi connectivity index (χ4v) is 3.06. The van der Waals surface area contributed by atoms with E-state index in [0.29, 0.717) is 19.7 Å². The highest BCUT2D eigenvalue weighted by Crippen LogP contribution is 2.30. The third-order valence-electron chi connectivity index (χ3n) is 4.27. The molecule has 0 spiro atoms. The van der Waals surface area contributed by atoms with Crippen LogP contribution in [0.4, 0.5) is 0 Å². The Morgan fingerprint density at radius 1 is 1.29 bits per heavy atom. The van der Waals surface area contributed by atoms with Gasteiger partial charge in [0, 0.05) is 25.5 Å². The van der Waals surface area contributed by atoms with Gasteiger partial charge in [-0.05, 0) is 29.2 Å². The van der Waals surface area contributed by atoms with Gasteiger partial charge in [-0.2, -0.15) is 0 Å². The number of amides is 1. The van der Waals surface area contributed by atoms with Crippen molar-refractivity contribution < 1.29 is 14.6 Å². The fourth-order valence-electron chi connectivity index (χ4n) is 3.06. The zero-order valence-electron chi connectivity index (χ0n) is 13.6. The van der Waals surface area contributed by atoms with Gasteiger partial charge in [0.25, 0.3) is 0 Å². The SMILES string of the molecule is O=C(CC1OCCc2ccccc21)N(CCO)Cc1cccnc1. The van der Waals surface area contributed by atoms with E-state index in [4.69, 9.17) is 4.74 Å². The largest absolute Gasteiger partial charge is 0.395 e. The third-order valence-corrected chi connectivity index (χ3v) is 4.27. The van der Waals surface area contributed by atoms with Crippen molar-refractivity contribution in [2.24, 2.45) is 0 Å². The summed E-state index contributed by atoms with van der Waals surface area (Å²) < 4.78 is 5.83. The number of aromatic nitrogens is 1. The smallest absolute Gasteiger partial charge is 0.225 e. The van der Waals surface area contributed by atoms with E-state index in [9.17, 15) is 9.90 Å². The zero-order valence-corrected chi connectivity index (χ0v) is 13.6. The average molecular weight is 326 g/mol. The van der Waals surface area contributed by atoms with Crippen LogP contribution >= 0.6 is 0 Å². The molecule has 3 rings (SSSR count). The summed E-state index contributed by atoms with van der Waals surface area (Å²) in [5, 5.41) is 9.29. The number of benzene rings is 1. The molecule has 5 nitrogen and oxygen atoms in total. The van der Waals surface area contributed by atoms with Crippen LogP contribution in [0.5, 0.6) is 0 Å². The molecule has 0 aliphatic carbocycles. The highest BCUT2D eigenvalue weighted by atomic mass is 16.5. The highest BCUT2D eigenvalue weighted by molar-refractivity contribution is 5.77. The van der Waals surface area contributed by atoms with E-state index in [1.54, 1.807) is 17.3 Å². The number of hydrogen-bond donors (Lipinski definition) is 1. The minimum Gasteiger partial charge on any atom is -0.395 e. The topological polar surface area (TPSA) is 62.7 Å². The van der Waals surface area contributed by atoms with Crippen LogP contribution < -0.4 is 0 Å². The van der Waals surface area contributed by atoms with Crippen molar-refractivity contribution in [3.8, 4) is 0 Å². The molecule has 126 valence electrons. The number of aliphatic hydroxyl groups excluding tert-OH is 1. The predicted molar refractivity (Wildman–Crippen MR) is 90.2 cm³/mol. The second-order valence-electron chi connectivity index (χ2n) is 5.91. The van der Waals surface area contributed by atoms with E-state index in [0.717, 1.165) is 17.5 Å². The lowest BCUT2D eigenvalue weighted by molar-refractivity contribution is -0.135. The molecule has 1 atom stereocenters. The molecule has 24 heavy (non-hydrogen) atoms. The molecule has 0 saturated carbocycles. The Labute approximate surface area is 141 Å². The third kappa shape index (κ3) is 3.99. The number of carbonyl (C=O) groups excluding carboxylic acids is 1. The van der Waals surface area contributed by atoms with Gasteiger partial charge < -0.3 is 14.7 Å². The van der Waals surface area contributed by atoms with Crippen molar-refractivity contribution in [1.29, 1.82) is 0 Å². The van der Waals surface area contributed by atoms with E-state index in [2.05, 4.69) is 11.1 Å². The van der Waals surface area contributed by atoms with Gasteiger partial charge in [-0.3, -0.25) is 9.78 Å². The number of fused-ring (bicyclic) bond motifs is 1. The van der Waals surface area contributed by atoms with Crippen LogP contribution in [0.2, 0.25) is 0 Å². The number of nitrogens with zero attached hydrogens (tertiary/aromatic N) is 2.